The first-order chi connectivity index (χ1) is 12.5. The van der Waals surface area contributed by atoms with Gasteiger partial charge in [0, 0.05) is 20.2 Å². The zero-order valence-corrected chi connectivity index (χ0v) is 16.7. The Morgan fingerprint density at radius 2 is 1.89 bits per heavy atom. The summed E-state index contributed by atoms with van der Waals surface area (Å²) < 4.78 is 18.2. The number of benzene rings is 1. The lowest BCUT2D eigenvalue weighted by atomic mass is 9.78. The fourth-order valence-electron chi connectivity index (χ4n) is 3.30. The van der Waals surface area contributed by atoms with Crippen molar-refractivity contribution in [2.45, 2.75) is 26.3 Å². The van der Waals surface area contributed by atoms with Crippen LogP contribution in [0, 0.1) is 11.2 Å². The Balaban J connectivity index is 0.00000364. The van der Waals surface area contributed by atoms with Gasteiger partial charge in [-0.2, -0.15) is 0 Å². The van der Waals surface area contributed by atoms with E-state index in [0.29, 0.717) is 32.5 Å². The number of nitrogens with one attached hydrogen (secondary N) is 2. The lowest BCUT2D eigenvalue weighted by molar-refractivity contribution is -0.149. The predicted octanol–water partition coefficient (Wildman–Crippen LogP) is 1.73. The molecule has 0 saturated carbocycles. The highest BCUT2D eigenvalue weighted by atomic mass is 35.5. The molecule has 2 N–H and O–H groups in total. The summed E-state index contributed by atoms with van der Waals surface area (Å²) in [6.07, 6.45) is 1.40. The van der Waals surface area contributed by atoms with Gasteiger partial charge in [0.2, 0.25) is 11.8 Å². The Kier molecular flexibility index (Phi) is 9.69. The SMILES string of the molecule is CCN(CC(=O)NCc1ccc(F)cc1)C(=O)C1(COC)CCNCC1.Cl. The Labute approximate surface area is 166 Å². The van der Waals surface area contributed by atoms with Crippen LogP contribution in [-0.2, 0) is 20.9 Å². The molecule has 0 unspecified atom stereocenters. The first-order valence-electron chi connectivity index (χ1n) is 9.01. The largest absolute Gasteiger partial charge is 0.384 e. The highest BCUT2D eigenvalue weighted by molar-refractivity contribution is 5.88. The van der Waals surface area contributed by atoms with Crippen molar-refractivity contribution in [1.29, 1.82) is 0 Å². The molecule has 6 nitrogen and oxygen atoms in total. The van der Waals surface area contributed by atoms with E-state index in [1.165, 1.54) is 12.1 Å². The summed E-state index contributed by atoms with van der Waals surface area (Å²) >= 11 is 0. The summed E-state index contributed by atoms with van der Waals surface area (Å²) in [5.74, 6) is -0.570. The molecule has 0 bridgehead atoms. The average molecular weight is 402 g/mol. The zero-order valence-electron chi connectivity index (χ0n) is 15.9. The van der Waals surface area contributed by atoms with Gasteiger partial charge >= 0.3 is 0 Å². The van der Waals surface area contributed by atoms with Gasteiger partial charge in [-0.25, -0.2) is 4.39 Å². The van der Waals surface area contributed by atoms with E-state index < -0.39 is 5.41 Å². The van der Waals surface area contributed by atoms with E-state index in [4.69, 9.17) is 4.74 Å². The van der Waals surface area contributed by atoms with Crippen molar-refractivity contribution in [1.82, 2.24) is 15.5 Å². The molecular formula is C19H29ClFN3O3. The number of likely N-dealkylation sites (N-methyl/N-ethyl adjacent to an activating group) is 1. The topological polar surface area (TPSA) is 70.7 Å². The van der Waals surface area contributed by atoms with Crippen molar-refractivity contribution in [3.05, 3.63) is 35.6 Å². The number of amides is 2. The maximum Gasteiger partial charge on any atom is 0.239 e. The number of rotatable bonds is 8. The average Bonchev–Trinajstić information content (AvgIpc) is 2.66. The van der Waals surface area contributed by atoms with Crippen molar-refractivity contribution in [3.8, 4) is 0 Å². The predicted molar refractivity (Wildman–Crippen MR) is 104 cm³/mol. The molecule has 2 rings (SSSR count). The van der Waals surface area contributed by atoms with E-state index >= 15 is 0 Å². The third-order valence-electron chi connectivity index (χ3n) is 4.84. The van der Waals surface area contributed by atoms with Crippen LogP contribution < -0.4 is 10.6 Å². The summed E-state index contributed by atoms with van der Waals surface area (Å²) in [5, 5.41) is 6.05. The second-order valence-electron chi connectivity index (χ2n) is 6.69. The minimum Gasteiger partial charge on any atom is -0.384 e. The second kappa shape index (κ2) is 11.2. The Morgan fingerprint density at radius 3 is 2.44 bits per heavy atom. The highest BCUT2D eigenvalue weighted by Gasteiger charge is 2.42. The molecule has 0 aromatic heterocycles. The quantitative estimate of drug-likeness (QED) is 0.696. The minimum absolute atomic E-state index is 0. The minimum atomic E-state index is -0.562. The van der Waals surface area contributed by atoms with Gasteiger partial charge in [-0.05, 0) is 50.6 Å². The van der Waals surface area contributed by atoms with E-state index in [-0.39, 0.29) is 36.6 Å². The molecule has 1 aromatic rings. The van der Waals surface area contributed by atoms with Gasteiger partial charge < -0.3 is 20.3 Å². The molecule has 1 fully saturated rings. The Bertz CT molecular complexity index is 601. The normalized spacial score (nSPS) is 15.5. The fraction of sp³-hybridized carbons (Fsp3) is 0.579. The molecule has 1 heterocycles. The number of hydrogen-bond acceptors (Lipinski definition) is 4. The maximum absolute atomic E-state index is 13.1. The Hall–Kier alpha value is -1.70. The van der Waals surface area contributed by atoms with Gasteiger partial charge in [0.25, 0.3) is 0 Å². The molecule has 0 spiro atoms. The highest BCUT2D eigenvalue weighted by Crippen LogP contribution is 2.31. The van der Waals surface area contributed by atoms with Crippen LogP contribution >= 0.6 is 12.4 Å². The molecule has 8 heteroatoms. The number of carbonyl (C=O) groups excluding carboxylic acids is 2. The number of ether oxygens (including phenoxy) is 1. The number of piperidine rings is 1. The lowest BCUT2D eigenvalue weighted by Gasteiger charge is -2.39. The van der Waals surface area contributed by atoms with Gasteiger partial charge in [-0.3, -0.25) is 9.59 Å². The summed E-state index contributed by atoms with van der Waals surface area (Å²) in [5.41, 5.74) is 0.246. The number of hydrogen-bond donors (Lipinski definition) is 2. The van der Waals surface area contributed by atoms with Crippen molar-refractivity contribution < 1.29 is 18.7 Å². The third-order valence-corrected chi connectivity index (χ3v) is 4.84. The molecule has 152 valence electrons. The van der Waals surface area contributed by atoms with Crippen LogP contribution in [0.2, 0.25) is 0 Å². The molecule has 27 heavy (non-hydrogen) atoms. The van der Waals surface area contributed by atoms with Gasteiger partial charge in [0.15, 0.2) is 0 Å². The van der Waals surface area contributed by atoms with Gasteiger partial charge in [-0.15, -0.1) is 12.4 Å². The van der Waals surface area contributed by atoms with E-state index in [1.54, 1.807) is 24.1 Å². The molecule has 0 atom stereocenters. The van der Waals surface area contributed by atoms with Gasteiger partial charge in [0.05, 0.1) is 18.6 Å². The summed E-state index contributed by atoms with van der Waals surface area (Å²) in [6, 6.07) is 5.96. The van der Waals surface area contributed by atoms with Crippen LogP contribution in [-0.4, -0.2) is 56.6 Å². The second-order valence-corrected chi connectivity index (χ2v) is 6.69. The van der Waals surface area contributed by atoms with E-state index in [2.05, 4.69) is 10.6 Å². The number of nitrogens with zero attached hydrogens (tertiary/aromatic N) is 1. The van der Waals surface area contributed by atoms with Crippen LogP contribution in [0.3, 0.4) is 0 Å². The summed E-state index contributed by atoms with van der Waals surface area (Å²) in [6.45, 7) is 4.54. The lowest BCUT2D eigenvalue weighted by Crippen LogP contribution is -2.53. The Morgan fingerprint density at radius 1 is 1.26 bits per heavy atom. The van der Waals surface area contributed by atoms with Crippen LogP contribution in [0.15, 0.2) is 24.3 Å². The van der Waals surface area contributed by atoms with Crippen LogP contribution in [0.1, 0.15) is 25.3 Å². The van der Waals surface area contributed by atoms with Crippen LogP contribution in [0.4, 0.5) is 4.39 Å². The molecule has 0 aliphatic carbocycles. The molecule has 1 aromatic carbocycles. The third kappa shape index (κ3) is 6.45. The molecule has 0 radical (unpaired) electrons. The molecular weight excluding hydrogens is 373 g/mol. The number of methoxy groups -OCH3 is 1. The number of carbonyl (C=O) groups is 2. The van der Waals surface area contributed by atoms with Crippen LogP contribution in [0.25, 0.3) is 0 Å². The molecule has 2 amide bonds. The van der Waals surface area contributed by atoms with Crippen molar-refractivity contribution in [2.75, 3.05) is 39.9 Å². The maximum atomic E-state index is 13.1. The van der Waals surface area contributed by atoms with Gasteiger partial charge in [0.1, 0.15) is 5.82 Å². The van der Waals surface area contributed by atoms with Crippen molar-refractivity contribution >= 4 is 24.2 Å². The first kappa shape index (κ1) is 23.3. The van der Waals surface area contributed by atoms with E-state index in [9.17, 15) is 14.0 Å². The summed E-state index contributed by atoms with van der Waals surface area (Å²) in [7, 11) is 1.60. The van der Waals surface area contributed by atoms with Crippen molar-refractivity contribution in [3.63, 3.8) is 0 Å². The first-order valence-corrected chi connectivity index (χ1v) is 9.01. The van der Waals surface area contributed by atoms with E-state index in [0.717, 1.165) is 18.7 Å². The summed E-state index contributed by atoms with van der Waals surface area (Å²) in [4.78, 5) is 27.0. The standard InChI is InChI=1S/C19H28FN3O3.ClH/c1-3-23(18(25)19(14-26-2)8-10-21-11-9-19)13-17(24)22-12-15-4-6-16(20)7-5-15;/h4-7,21H,3,8-14H2,1-2H3,(H,22,24);1H. The van der Waals surface area contributed by atoms with Crippen LogP contribution in [0.5, 0.6) is 0 Å². The van der Waals surface area contributed by atoms with Crippen molar-refractivity contribution in [2.24, 2.45) is 5.41 Å². The molecule has 1 aliphatic rings. The smallest absolute Gasteiger partial charge is 0.239 e. The zero-order chi connectivity index (χ0) is 19.0. The monoisotopic (exact) mass is 401 g/mol. The number of halogens is 2. The fourth-order valence-corrected chi connectivity index (χ4v) is 3.30. The molecule has 1 aliphatic heterocycles. The van der Waals surface area contributed by atoms with Gasteiger partial charge in [-0.1, -0.05) is 12.1 Å². The van der Waals surface area contributed by atoms with E-state index in [1.807, 2.05) is 6.92 Å². The molecule has 1 saturated heterocycles.